The Labute approximate surface area is 86.9 Å². The summed E-state index contributed by atoms with van der Waals surface area (Å²) in [6, 6.07) is 0. The molecule has 0 saturated heterocycles. The smallest absolute Gasteiger partial charge is 0.0608 e. The molecule has 82 valence electrons. The minimum Gasteiger partial charge on any atom is -0.393 e. The fraction of sp³-hybridized carbons (Fsp3) is 1.00. The van der Waals surface area contributed by atoms with Crippen LogP contribution in [0.1, 0.15) is 51.9 Å². The molecule has 2 rings (SSSR count). The van der Waals surface area contributed by atoms with Gasteiger partial charge in [0, 0.05) is 12.0 Å². The number of nitrogens with two attached hydrogens (primary N) is 1. The van der Waals surface area contributed by atoms with Crippen molar-refractivity contribution in [3.05, 3.63) is 0 Å². The van der Waals surface area contributed by atoms with E-state index in [-0.39, 0.29) is 11.5 Å². The molecule has 2 atom stereocenters. The molecule has 3 N–H and O–H groups in total. The molecule has 2 unspecified atom stereocenters. The van der Waals surface area contributed by atoms with Crippen LogP contribution >= 0.6 is 0 Å². The summed E-state index contributed by atoms with van der Waals surface area (Å²) in [6.45, 7) is 3.03. The second-order valence-electron chi connectivity index (χ2n) is 5.82. The van der Waals surface area contributed by atoms with E-state index in [1.165, 1.54) is 19.3 Å². The summed E-state index contributed by atoms with van der Waals surface area (Å²) in [6.07, 6.45) is 8.32. The van der Waals surface area contributed by atoms with E-state index < -0.39 is 0 Å². The molecule has 2 aliphatic carbocycles. The number of aliphatic hydroxyl groups is 1. The first kappa shape index (κ1) is 10.4. The fourth-order valence-corrected chi connectivity index (χ4v) is 3.44. The summed E-state index contributed by atoms with van der Waals surface area (Å²) < 4.78 is 0. The first-order chi connectivity index (χ1) is 6.60. The zero-order valence-electron chi connectivity index (χ0n) is 9.26. The topological polar surface area (TPSA) is 46.2 Å². The third kappa shape index (κ3) is 1.59. The Morgan fingerprint density at radius 2 is 2.00 bits per heavy atom. The average Bonchev–Trinajstić information content (AvgIpc) is 2.46. The summed E-state index contributed by atoms with van der Waals surface area (Å²) in [7, 11) is 0. The van der Waals surface area contributed by atoms with Crippen LogP contribution in [-0.4, -0.2) is 17.8 Å². The Morgan fingerprint density at radius 3 is 2.36 bits per heavy atom. The second-order valence-corrected chi connectivity index (χ2v) is 5.82. The van der Waals surface area contributed by atoms with E-state index in [0.29, 0.717) is 12.0 Å². The van der Waals surface area contributed by atoms with Gasteiger partial charge in [0.1, 0.15) is 0 Å². The maximum atomic E-state index is 10.0. The molecule has 2 heteroatoms. The molecule has 2 nitrogen and oxygen atoms in total. The van der Waals surface area contributed by atoms with Gasteiger partial charge in [0.2, 0.25) is 0 Å². The van der Waals surface area contributed by atoms with Crippen molar-refractivity contribution in [2.24, 2.45) is 16.6 Å². The third-order valence-corrected chi connectivity index (χ3v) is 4.61. The van der Waals surface area contributed by atoms with E-state index in [4.69, 9.17) is 5.73 Å². The minimum absolute atomic E-state index is 0.0647. The standard InChI is InChI=1S/C12H23NO/c1-11(5-3-6-11)8-12(9-13)7-2-4-10(12)14/h10,14H,2-9,13H2,1H3. The largest absolute Gasteiger partial charge is 0.393 e. The molecule has 2 saturated carbocycles. The fourth-order valence-electron chi connectivity index (χ4n) is 3.44. The summed E-state index contributed by atoms with van der Waals surface area (Å²) in [5.41, 5.74) is 6.44. The van der Waals surface area contributed by atoms with Gasteiger partial charge >= 0.3 is 0 Å². The highest BCUT2D eigenvalue weighted by atomic mass is 16.3. The molecule has 0 aromatic carbocycles. The molecule has 0 aliphatic heterocycles. The predicted octanol–water partition coefficient (Wildman–Crippen LogP) is 2.06. The Kier molecular flexibility index (Phi) is 2.61. The van der Waals surface area contributed by atoms with Gasteiger partial charge in [0.25, 0.3) is 0 Å². The van der Waals surface area contributed by atoms with Gasteiger partial charge in [-0.2, -0.15) is 0 Å². The zero-order chi connectivity index (χ0) is 10.2. The number of aliphatic hydroxyl groups excluding tert-OH is 1. The van der Waals surface area contributed by atoms with E-state index in [2.05, 4.69) is 6.92 Å². The first-order valence-corrected chi connectivity index (χ1v) is 5.98. The maximum absolute atomic E-state index is 10.0. The predicted molar refractivity (Wildman–Crippen MR) is 57.9 cm³/mol. The third-order valence-electron chi connectivity index (χ3n) is 4.61. The van der Waals surface area contributed by atoms with Crippen molar-refractivity contribution >= 4 is 0 Å². The van der Waals surface area contributed by atoms with Gasteiger partial charge in [-0.15, -0.1) is 0 Å². The lowest BCUT2D eigenvalue weighted by atomic mass is 9.60. The van der Waals surface area contributed by atoms with Crippen LogP contribution in [0.4, 0.5) is 0 Å². The van der Waals surface area contributed by atoms with Gasteiger partial charge in [0.05, 0.1) is 6.10 Å². The van der Waals surface area contributed by atoms with E-state index >= 15 is 0 Å². The number of rotatable bonds is 3. The highest BCUT2D eigenvalue weighted by Crippen LogP contribution is 2.53. The molecule has 2 fully saturated rings. The highest BCUT2D eigenvalue weighted by molar-refractivity contribution is 4.99. The van der Waals surface area contributed by atoms with Crippen LogP contribution in [0.2, 0.25) is 0 Å². The van der Waals surface area contributed by atoms with E-state index in [9.17, 15) is 5.11 Å². The molecule has 0 spiro atoms. The summed E-state index contributed by atoms with van der Waals surface area (Å²) in [5.74, 6) is 0. The molecular weight excluding hydrogens is 174 g/mol. The Balaban J connectivity index is 2.04. The van der Waals surface area contributed by atoms with Gasteiger partial charge < -0.3 is 10.8 Å². The molecule has 0 amide bonds. The average molecular weight is 197 g/mol. The van der Waals surface area contributed by atoms with Crippen LogP contribution in [0, 0.1) is 10.8 Å². The Hall–Kier alpha value is -0.0800. The summed E-state index contributed by atoms with van der Waals surface area (Å²) in [5, 5.41) is 10.0. The molecular formula is C12H23NO. The lowest BCUT2D eigenvalue weighted by Crippen LogP contribution is -2.43. The van der Waals surface area contributed by atoms with E-state index in [1.54, 1.807) is 0 Å². The molecule has 0 bridgehead atoms. The summed E-state index contributed by atoms with van der Waals surface area (Å²) in [4.78, 5) is 0. The molecule has 0 heterocycles. The van der Waals surface area contributed by atoms with Crippen molar-refractivity contribution < 1.29 is 5.11 Å². The van der Waals surface area contributed by atoms with Crippen LogP contribution in [0.5, 0.6) is 0 Å². The summed E-state index contributed by atoms with van der Waals surface area (Å²) >= 11 is 0. The minimum atomic E-state index is -0.134. The monoisotopic (exact) mass is 197 g/mol. The van der Waals surface area contributed by atoms with Gasteiger partial charge in [0.15, 0.2) is 0 Å². The Morgan fingerprint density at radius 1 is 1.29 bits per heavy atom. The van der Waals surface area contributed by atoms with Crippen LogP contribution in [0.3, 0.4) is 0 Å². The van der Waals surface area contributed by atoms with Crippen LogP contribution < -0.4 is 5.73 Å². The van der Waals surface area contributed by atoms with Crippen LogP contribution in [-0.2, 0) is 0 Å². The zero-order valence-corrected chi connectivity index (χ0v) is 9.26. The first-order valence-electron chi connectivity index (χ1n) is 5.98. The van der Waals surface area contributed by atoms with Gasteiger partial charge in [-0.3, -0.25) is 0 Å². The SMILES string of the molecule is CC1(CC2(CN)CCCC2O)CCC1. The van der Waals surface area contributed by atoms with Gasteiger partial charge in [-0.05, 0) is 37.5 Å². The number of hydrogen-bond acceptors (Lipinski definition) is 2. The molecule has 14 heavy (non-hydrogen) atoms. The molecule has 2 aliphatic rings. The quantitative estimate of drug-likeness (QED) is 0.727. The van der Waals surface area contributed by atoms with Crippen molar-refractivity contribution in [1.82, 2.24) is 0 Å². The van der Waals surface area contributed by atoms with Crippen LogP contribution in [0.25, 0.3) is 0 Å². The normalized spacial score (nSPS) is 40.9. The van der Waals surface area contributed by atoms with E-state index in [0.717, 1.165) is 25.7 Å². The van der Waals surface area contributed by atoms with Gasteiger partial charge in [-0.25, -0.2) is 0 Å². The van der Waals surface area contributed by atoms with Crippen molar-refractivity contribution in [3.8, 4) is 0 Å². The van der Waals surface area contributed by atoms with Crippen molar-refractivity contribution in [1.29, 1.82) is 0 Å². The Bertz CT molecular complexity index is 212. The maximum Gasteiger partial charge on any atom is 0.0608 e. The van der Waals surface area contributed by atoms with Crippen molar-refractivity contribution in [2.45, 2.75) is 58.0 Å². The lowest BCUT2D eigenvalue weighted by molar-refractivity contribution is -0.00645. The lowest BCUT2D eigenvalue weighted by Gasteiger charge is -2.46. The van der Waals surface area contributed by atoms with Crippen molar-refractivity contribution in [3.63, 3.8) is 0 Å². The molecule has 0 aromatic heterocycles. The van der Waals surface area contributed by atoms with Gasteiger partial charge in [-0.1, -0.05) is 19.8 Å². The van der Waals surface area contributed by atoms with Crippen LogP contribution in [0.15, 0.2) is 0 Å². The highest BCUT2D eigenvalue weighted by Gasteiger charge is 2.47. The molecule has 0 aromatic rings. The van der Waals surface area contributed by atoms with Crippen molar-refractivity contribution in [2.75, 3.05) is 6.54 Å². The molecule has 0 radical (unpaired) electrons. The second kappa shape index (κ2) is 3.49. The number of hydrogen-bond donors (Lipinski definition) is 2. The van der Waals surface area contributed by atoms with E-state index in [1.807, 2.05) is 0 Å².